The lowest BCUT2D eigenvalue weighted by molar-refractivity contribution is -0.323. The normalized spacial score (nSPS) is 34.6. The molecule has 3 aliphatic rings. The zero-order chi connectivity index (χ0) is 33.6. The molecule has 0 amide bonds. The van der Waals surface area contributed by atoms with Crippen LogP contribution in [0.5, 0.6) is 0 Å². The van der Waals surface area contributed by atoms with Crippen LogP contribution >= 0.6 is 22.6 Å². The third-order valence-corrected chi connectivity index (χ3v) is 9.22. The fourth-order valence-electron chi connectivity index (χ4n) is 7.05. The van der Waals surface area contributed by atoms with Crippen molar-refractivity contribution in [1.82, 2.24) is 0 Å². The highest BCUT2D eigenvalue weighted by Crippen LogP contribution is 2.37. The Balaban J connectivity index is 1.57. The highest BCUT2D eigenvalue weighted by atomic mass is 127. The Morgan fingerprint density at radius 1 is 0.667 bits per heavy atom. The van der Waals surface area contributed by atoms with Crippen molar-refractivity contribution >= 4 is 22.6 Å². The lowest BCUT2D eigenvalue weighted by atomic mass is 9.92. The predicted octanol–water partition coefficient (Wildman–Crippen LogP) is 6.55. The van der Waals surface area contributed by atoms with E-state index in [1.54, 1.807) is 0 Å². The van der Waals surface area contributed by atoms with Crippen LogP contribution in [0.15, 0.2) is 22.3 Å². The molecule has 0 aromatic rings. The second-order valence-electron chi connectivity index (χ2n) is 15.1. The molecule has 0 aliphatic carbocycles. The summed E-state index contributed by atoms with van der Waals surface area (Å²) in [5.41, 5.74) is 0. The molecular weight excluding hydrogens is 691 g/mol. The van der Waals surface area contributed by atoms with Gasteiger partial charge in [0.25, 0.3) is 0 Å². The lowest BCUT2D eigenvalue weighted by Gasteiger charge is -2.45. The summed E-state index contributed by atoms with van der Waals surface area (Å²) in [5.74, 6) is -2.11. The summed E-state index contributed by atoms with van der Waals surface area (Å²) >= 11 is 2.15. The van der Waals surface area contributed by atoms with E-state index >= 15 is 0 Å². The Labute approximate surface area is 285 Å². The number of hydrogen-bond donors (Lipinski definition) is 3. The van der Waals surface area contributed by atoms with E-state index in [1.165, 1.54) is 0 Å². The van der Waals surface area contributed by atoms with Gasteiger partial charge >= 0.3 is 0 Å². The molecule has 3 aliphatic heterocycles. The summed E-state index contributed by atoms with van der Waals surface area (Å²) in [6.07, 6.45) is 8.48. The molecule has 9 nitrogen and oxygen atoms in total. The number of rotatable bonds is 14. The monoisotopic (exact) mass is 752 g/mol. The third-order valence-electron chi connectivity index (χ3n) is 8.71. The molecule has 262 valence electrons. The molecular formula is C35H61IO9. The minimum Gasteiger partial charge on any atom is -0.393 e. The first kappa shape index (κ1) is 39.3. The number of ether oxygens (including phenoxy) is 6. The van der Waals surface area contributed by atoms with Crippen molar-refractivity contribution in [2.45, 2.75) is 186 Å². The molecule has 0 spiro atoms. The fraction of sp³-hybridized carbons (Fsp3) is 0.886. The van der Waals surface area contributed by atoms with Crippen LogP contribution in [0.4, 0.5) is 0 Å². The summed E-state index contributed by atoms with van der Waals surface area (Å²) in [7, 11) is 0. The van der Waals surface area contributed by atoms with Gasteiger partial charge in [0, 0.05) is 38.0 Å². The van der Waals surface area contributed by atoms with E-state index in [2.05, 4.69) is 34.7 Å². The Morgan fingerprint density at radius 2 is 1.11 bits per heavy atom. The molecule has 0 aromatic carbocycles. The van der Waals surface area contributed by atoms with Crippen LogP contribution in [0.2, 0.25) is 0 Å². The van der Waals surface area contributed by atoms with Gasteiger partial charge in [-0.05, 0) is 70.8 Å². The van der Waals surface area contributed by atoms with Gasteiger partial charge in [-0.1, -0.05) is 61.6 Å². The van der Waals surface area contributed by atoms with Crippen molar-refractivity contribution in [1.29, 1.82) is 0 Å². The van der Waals surface area contributed by atoms with Gasteiger partial charge in [-0.3, -0.25) is 0 Å². The van der Waals surface area contributed by atoms with E-state index < -0.39 is 35.7 Å². The molecule has 10 heteroatoms. The topological polar surface area (TPSA) is 116 Å². The van der Waals surface area contributed by atoms with E-state index in [4.69, 9.17) is 28.4 Å². The predicted molar refractivity (Wildman–Crippen MR) is 183 cm³/mol. The highest BCUT2D eigenvalue weighted by Gasteiger charge is 2.42. The second-order valence-corrected chi connectivity index (χ2v) is 15.8. The first-order valence-corrected chi connectivity index (χ1v) is 18.1. The van der Waals surface area contributed by atoms with E-state index in [0.717, 1.165) is 0 Å². The molecule has 3 fully saturated rings. The van der Waals surface area contributed by atoms with Crippen molar-refractivity contribution in [2.75, 3.05) is 0 Å². The lowest BCUT2D eigenvalue weighted by Crippen LogP contribution is -2.50. The fourth-order valence-corrected chi connectivity index (χ4v) is 7.35. The van der Waals surface area contributed by atoms with Crippen LogP contribution in [0.3, 0.4) is 0 Å². The average Bonchev–Trinajstić information content (AvgIpc) is 2.87. The smallest absolute Gasteiger partial charge is 0.163 e. The SMILES string of the molecule is CC(C)[C@H](O)[C@@H](C)/C=C/[C@H]1C[C@@H](C[C@@H]2C[C@H](C[C@H](O)C[C@@H]3C[C@H](C[C@@H](O)C/C=C/I)OC(C)(C)O3)OC(C)(C)O2)OC(C)(C)O1. The van der Waals surface area contributed by atoms with Crippen molar-refractivity contribution < 1.29 is 43.7 Å². The van der Waals surface area contributed by atoms with Gasteiger partial charge in [0.2, 0.25) is 0 Å². The molecule has 10 atom stereocenters. The molecule has 45 heavy (non-hydrogen) atoms. The second kappa shape index (κ2) is 17.0. The summed E-state index contributed by atoms with van der Waals surface area (Å²) in [5, 5.41) is 32.1. The molecule has 3 saturated heterocycles. The summed E-state index contributed by atoms with van der Waals surface area (Å²) in [6, 6.07) is 0. The Kier molecular flexibility index (Phi) is 14.8. The summed E-state index contributed by atoms with van der Waals surface area (Å²) in [4.78, 5) is 0. The molecule has 0 aromatic heterocycles. The van der Waals surface area contributed by atoms with Crippen LogP contribution in [0.1, 0.15) is 114 Å². The number of aliphatic hydroxyl groups excluding tert-OH is 3. The van der Waals surface area contributed by atoms with E-state index in [-0.39, 0.29) is 48.5 Å². The number of hydrogen-bond acceptors (Lipinski definition) is 9. The van der Waals surface area contributed by atoms with Crippen molar-refractivity contribution in [2.24, 2.45) is 11.8 Å². The highest BCUT2D eigenvalue weighted by molar-refractivity contribution is 14.1. The first-order valence-electron chi connectivity index (χ1n) is 16.9. The standard InChI is InChI=1S/C35H61IO9/c1-22(2)32(39)23(3)12-13-26-18-30(44-33(4,5)40-26)21-31-20-29(43-35(8,9)45-31)17-25(38)16-28-19-27(41-34(6,7)42-28)15-24(37)11-10-14-36/h10,12-14,22-32,37-39H,11,15-21H2,1-9H3/b13-12+,14-10+/t23-,24-,25+,26-,27-,28+,29-,30-,31-,32-/m0/s1. The first-order chi connectivity index (χ1) is 20.8. The quantitative estimate of drug-likeness (QED) is 0.134. The molecule has 3 N–H and O–H groups in total. The largest absolute Gasteiger partial charge is 0.393 e. The van der Waals surface area contributed by atoms with Gasteiger partial charge in [-0.2, -0.15) is 0 Å². The van der Waals surface area contributed by atoms with Gasteiger partial charge < -0.3 is 43.7 Å². The van der Waals surface area contributed by atoms with Crippen molar-refractivity contribution in [3.63, 3.8) is 0 Å². The van der Waals surface area contributed by atoms with Crippen LogP contribution in [0.25, 0.3) is 0 Å². The molecule has 3 rings (SSSR count). The molecule has 0 unspecified atom stereocenters. The van der Waals surface area contributed by atoms with Gasteiger partial charge in [0.1, 0.15) is 0 Å². The van der Waals surface area contributed by atoms with Crippen LogP contribution < -0.4 is 0 Å². The molecule has 0 radical (unpaired) electrons. The van der Waals surface area contributed by atoms with E-state index in [0.29, 0.717) is 51.4 Å². The van der Waals surface area contributed by atoms with E-state index in [1.807, 2.05) is 72.5 Å². The zero-order valence-electron chi connectivity index (χ0n) is 29.0. The number of aliphatic hydroxyl groups is 3. The Bertz CT molecular complexity index is 951. The van der Waals surface area contributed by atoms with Crippen molar-refractivity contribution in [3.05, 3.63) is 22.3 Å². The van der Waals surface area contributed by atoms with Gasteiger partial charge in [-0.25, -0.2) is 0 Å². The minimum atomic E-state index is -0.791. The summed E-state index contributed by atoms with van der Waals surface area (Å²) in [6.45, 7) is 17.6. The van der Waals surface area contributed by atoms with Gasteiger partial charge in [-0.15, -0.1) is 0 Å². The maximum absolute atomic E-state index is 11.2. The molecule has 0 bridgehead atoms. The Hall–Kier alpha value is -0.150. The molecule has 3 heterocycles. The maximum Gasteiger partial charge on any atom is 0.163 e. The average molecular weight is 753 g/mol. The third kappa shape index (κ3) is 13.7. The van der Waals surface area contributed by atoms with E-state index in [9.17, 15) is 15.3 Å². The van der Waals surface area contributed by atoms with Crippen molar-refractivity contribution in [3.8, 4) is 0 Å². The van der Waals surface area contributed by atoms with Gasteiger partial charge in [0.05, 0.1) is 54.9 Å². The minimum absolute atomic E-state index is 0.0304. The Morgan fingerprint density at radius 3 is 1.62 bits per heavy atom. The summed E-state index contributed by atoms with van der Waals surface area (Å²) < 4.78 is 39.4. The van der Waals surface area contributed by atoms with Crippen LogP contribution in [0, 0.1) is 11.8 Å². The molecule has 0 saturated carbocycles. The van der Waals surface area contributed by atoms with Crippen LogP contribution in [-0.2, 0) is 28.4 Å². The zero-order valence-corrected chi connectivity index (χ0v) is 31.1. The number of halogens is 1. The maximum atomic E-state index is 11.2. The van der Waals surface area contributed by atoms with Crippen LogP contribution in [-0.4, -0.2) is 87.6 Å². The van der Waals surface area contributed by atoms with Gasteiger partial charge in [0.15, 0.2) is 17.4 Å².